The molecule has 0 bridgehead atoms. The molecule has 0 N–H and O–H groups in total. The van der Waals surface area contributed by atoms with E-state index in [1.807, 2.05) is 12.3 Å². The summed E-state index contributed by atoms with van der Waals surface area (Å²) in [7, 11) is 0. The van der Waals surface area contributed by atoms with E-state index in [1.165, 1.54) is 11.1 Å². The third-order valence-corrected chi connectivity index (χ3v) is 2.93. The van der Waals surface area contributed by atoms with Crippen LogP contribution in [-0.4, -0.2) is 0 Å². The quantitative estimate of drug-likeness (QED) is 0.653. The molecule has 1 aliphatic rings. The Morgan fingerprint density at radius 3 is 2.57 bits per heavy atom. The molecule has 2 atom stereocenters. The van der Waals surface area contributed by atoms with E-state index < -0.39 is 0 Å². The SMILES string of the molecule is CC1=COC(c2ccccc2)CC1C. The summed E-state index contributed by atoms with van der Waals surface area (Å²) in [5, 5.41) is 0. The van der Waals surface area contributed by atoms with E-state index in [0.29, 0.717) is 5.92 Å². The summed E-state index contributed by atoms with van der Waals surface area (Å²) in [5.74, 6) is 0.633. The van der Waals surface area contributed by atoms with Crippen LogP contribution in [-0.2, 0) is 4.74 Å². The Balaban J connectivity index is 2.16. The Morgan fingerprint density at radius 1 is 1.21 bits per heavy atom. The highest BCUT2D eigenvalue weighted by atomic mass is 16.5. The molecule has 1 aromatic carbocycles. The molecule has 1 heteroatoms. The first-order chi connectivity index (χ1) is 6.77. The predicted molar refractivity (Wildman–Crippen MR) is 57.8 cm³/mol. The van der Waals surface area contributed by atoms with Crippen LogP contribution in [0.5, 0.6) is 0 Å². The van der Waals surface area contributed by atoms with Gasteiger partial charge in [-0.05, 0) is 30.4 Å². The minimum atomic E-state index is 0.245. The largest absolute Gasteiger partial charge is 0.493 e. The van der Waals surface area contributed by atoms with Gasteiger partial charge in [-0.15, -0.1) is 0 Å². The summed E-state index contributed by atoms with van der Waals surface area (Å²) >= 11 is 0. The maximum absolute atomic E-state index is 5.68. The van der Waals surface area contributed by atoms with Crippen LogP contribution in [0, 0.1) is 5.92 Å². The molecule has 0 saturated heterocycles. The topological polar surface area (TPSA) is 9.23 Å². The number of rotatable bonds is 1. The monoisotopic (exact) mass is 188 g/mol. The second-order valence-corrected chi connectivity index (χ2v) is 4.03. The highest BCUT2D eigenvalue weighted by Crippen LogP contribution is 2.32. The van der Waals surface area contributed by atoms with E-state index in [-0.39, 0.29) is 6.10 Å². The molecule has 0 radical (unpaired) electrons. The first-order valence-corrected chi connectivity index (χ1v) is 5.14. The van der Waals surface area contributed by atoms with Gasteiger partial charge in [0.15, 0.2) is 0 Å². The summed E-state index contributed by atoms with van der Waals surface area (Å²) in [6.45, 7) is 4.39. The number of hydrogen-bond donors (Lipinski definition) is 0. The van der Waals surface area contributed by atoms with Gasteiger partial charge >= 0.3 is 0 Å². The fraction of sp³-hybridized carbons (Fsp3) is 0.385. The van der Waals surface area contributed by atoms with Crippen LogP contribution in [0.25, 0.3) is 0 Å². The average Bonchev–Trinajstić information content (AvgIpc) is 2.23. The highest BCUT2D eigenvalue weighted by Gasteiger charge is 2.20. The minimum Gasteiger partial charge on any atom is -0.493 e. The van der Waals surface area contributed by atoms with Crippen molar-refractivity contribution in [2.45, 2.75) is 26.4 Å². The zero-order valence-corrected chi connectivity index (χ0v) is 8.73. The summed E-state index contributed by atoms with van der Waals surface area (Å²) in [4.78, 5) is 0. The molecule has 2 unspecified atom stereocenters. The average molecular weight is 188 g/mol. The van der Waals surface area contributed by atoms with Crippen LogP contribution in [0.2, 0.25) is 0 Å². The molecule has 0 amide bonds. The van der Waals surface area contributed by atoms with Crippen LogP contribution in [0.15, 0.2) is 42.2 Å². The Hall–Kier alpha value is -1.24. The first-order valence-electron chi connectivity index (χ1n) is 5.14. The van der Waals surface area contributed by atoms with E-state index in [4.69, 9.17) is 4.74 Å². The molecule has 2 rings (SSSR count). The van der Waals surface area contributed by atoms with Crippen LogP contribution in [0.1, 0.15) is 31.9 Å². The molecule has 1 aliphatic heterocycles. The minimum absolute atomic E-state index is 0.245. The third kappa shape index (κ3) is 1.82. The Morgan fingerprint density at radius 2 is 1.93 bits per heavy atom. The van der Waals surface area contributed by atoms with Crippen LogP contribution in [0.4, 0.5) is 0 Å². The smallest absolute Gasteiger partial charge is 0.123 e. The third-order valence-electron chi connectivity index (χ3n) is 2.93. The van der Waals surface area contributed by atoms with E-state index in [1.54, 1.807) is 0 Å². The van der Waals surface area contributed by atoms with Crippen molar-refractivity contribution in [1.82, 2.24) is 0 Å². The molecule has 0 aromatic heterocycles. The standard InChI is InChI=1S/C13H16O/c1-10-8-13(14-9-11(10)2)12-6-4-3-5-7-12/h3-7,9-10,13H,8H2,1-2H3. The van der Waals surface area contributed by atoms with Crippen LogP contribution >= 0.6 is 0 Å². The molecule has 0 spiro atoms. The molecule has 0 saturated carbocycles. The van der Waals surface area contributed by atoms with Gasteiger partial charge in [0.2, 0.25) is 0 Å². The molecule has 1 nitrogen and oxygen atoms in total. The van der Waals surface area contributed by atoms with Gasteiger partial charge in [0.25, 0.3) is 0 Å². The van der Waals surface area contributed by atoms with E-state index >= 15 is 0 Å². The molecular formula is C13H16O. The van der Waals surface area contributed by atoms with Gasteiger partial charge in [-0.3, -0.25) is 0 Å². The molecular weight excluding hydrogens is 172 g/mol. The normalized spacial score (nSPS) is 26.6. The summed E-state index contributed by atoms with van der Waals surface area (Å²) in [5.41, 5.74) is 2.63. The zero-order valence-electron chi connectivity index (χ0n) is 8.73. The van der Waals surface area contributed by atoms with Crippen molar-refractivity contribution < 1.29 is 4.74 Å². The highest BCUT2D eigenvalue weighted by molar-refractivity contribution is 5.19. The van der Waals surface area contributed by atoms with Gasteiger partial charge in [-0.1, -0.05) is 37.3 Å². The summed E-state index contributed by atoms with van der Waals surface area (Å²) < 4.78 is 5.68. The van der Waals surface area contributed by atoms with Gasteiger partial charge in [0.05, 0.1) is 6.26 Å². The Labute approximate surface area is 85.4 Å². The van der Waals surface area contributed by atoms with Crippen LogP contribution in [0.3, 0.4) is 0 Å². The van der Waals surface area contributed by atoms with Crippen molar-refractivity contribution in [2.75, 3.05) is 0 Å². The lowest BCUT2D eigenvalue weighted by Gasteiger charge is -2.26. The molecule has 0 fully saturated rings. The lowest BCUT2D eigenvalue weighted by atomic mass is 9.91. The molecule has 0 aliphatic carbocycles. The molecule has 74 valence electrons. The number of hydrogen-bond acceptors (Lipinski definition) is 1. The maximum atomic E-state index is 5.68. The molecule has 1 aromatic rings. The van der Waals surface area contributed by atoms with Crippen LogP contribution < -0.4 is 0 Å². The lowest BCUT2D eigenvalue weighted by Crippen LogP contribution is -2.13. The Bertz CT molecular complexity index is 326. The summed E-state index contributed by atoms with van der Waals surface area (Å²) in [6, 6.07) is 10.4. The molecule has 1 heterocycles. The summed E-state index contributed by atoms with van der Waals surface area (Å²) in [6.07, 6.45) is 3.24. The van der Waals surface area contributed by atoms with E-state index in [2.05, 4.69) is 38.1 Å². The van der Waals surface area contributed by atoms with Gasteiger partial charge in [-0.25, -0.2) is 0 Å². The lowest BCUT2D eigenvalue weighted by molar-refractivity contribution is 0.104. The van der Waals surface area contributed by atoms with E-state index in [9.17, 15) is 0 Å². The van der Waals surface area contributed by atoms with Crippen molar-refractivity contribution in [2.24, 2.45) is 5.92 Å². The second kappa shape index (κ2) is 3.87. The number of ether oxygens (including phenoxy) is 1. The second-order valence-electron chi connectivity index (χ2n) is 4.03. The number of allylic oxidation sites excluding steroid dienone is 1. The van der Waals surface area contributed by atoms with Gasteiger partial charge in [-0.2, -0.15) is 0 Å². The maximum Gasteiger partial charge on any atom is 0.123 e. The van der Waals surface area contributed by atoms with Crippen molar-refractivity contribution in [3.8, 4) is 0 Å². The van der Waals surface area contributed by atoms with Crippen molar-refractivity contribution in [3.05, 3.63) is 47.7 Å². The number of benzene rings is 1. The molecule has 14 heavy (non-hydrogen) atoms. The van der Waals surface area contributed by atoms with E-state index in [0.717, 1.165) is 6.42 Å². The van der Waals surface area contributed by atoms with Crippen molar-refractivity contribution in [1.29, 1.82) is 0 Å². The van der Waals surface area contributed by atoms with Crippen molar-refractivity contribution in [3.63, 3.8) is 0 Å². The van der Waals surface area contributed by atoms with Gasteiger partial charge in [0, 0.05) is 0 Å². The first kappa shape index (κ1) is 9.32. The fourth-order valence-corrected chi connectivity index (χ4v) is 1.75. The van der Waals surface area contributed by atoms with Gasteiger partial charge < -0.3 is 4.74 Å². The Kier molecular flexibility index (Phi) is 2.58. The predicted octanol–water partition coefficient (Wildman–Crippen LogP) is 3.69. The fourth-order valence-electron chi connectivity index (χ4n) is 1.75. The van der Waals surface area contributed by atoms with Gasteiger partial charge in [0.1, 0.15) is 6.10 Å². The van der Waals surface area contributed by atoms with Crippen molar-refractivity contribution >= 4 is 0 Å². The zero-order chi connectivity index (χ0) is 9.97.